The van der Waals surface area contributed by atoms with Crippen LogP contribution in [0.3, 0.4) is 0 Å². The molecule has 1 fully saturated rings. The second-order valence-electron chi connectivity index (χ2n) is 4.39. The van der Waals surface area contributed by atoms with Crippen molar-refractivity contribution >= 4 is 11.6 Å². The molecule has 1 aromatic heterocycles. The monoisotopic (exact) mass is 277 g/mol. The Morgan fingerprint density at radius 3 is 3.00 bits per heavy atom. The number of halogens is 3. The maximum atomic E-state index is 12.0. The van der Waals surface area contributed by atoms with Crippen molar-refractivity contribution < 1.29 is 22.7 Å². The van der Waals surface area contributed by atoms with Crippen molar-refractivity contribution in [3.05, 3.63) is 12.4 Å². The number of rotatable bonds is 4. The fraction of sp³-hybridized carbons (Fsp3) is 0.636. The molecule has 2 heterocycles. The first kappa shape index (κ1) is 13.9. The van der Waals surface area contributed by atoms with E-state index in [1.54, 1.807) is 10.9 Å². The van der Waals surface area contributed by atoms with Crippen LogP contribution in [0.2, 0.25) is 0 Å². The van der Waals surface area contributed by atoms with E-state index in [4.69, 9.17) is 4.74 Å². The summed E-state index contributed by atoms with van der Waals surface area (Å²) in [6.45, 7) is 1.22. The van der Waals surface area contributed by atoms with Crippen molar-refractivity contribution in [2.24, 2.45) is 0 Å². The number of nitrogens with zero attached hydrogens (tertiary/aromatic N) is 2. The Bertz CT molecular complexity index is 439. The molecule has 0 unspecified atom stereocenters. The van der Waals surface area contributed by atoms with Crippen LogP contribution < -0.4 is 5.32 Å². The van der Waals surface area contributed by atoms with Gasteiger partial charge >= 0.3 is 6.18 Å². The van der Waals surface area contributed by atoms with E-state index in [9.17, 15) is 18.0 Å². The van der Waals surface area contributed by atoms with E-state index in [-0.39, 0.29) is 6.04 Å². The van der Waals surface area contributed by atoms with Gasteiger partial charge in [0.15, 0.2) is 0 Å². The minimum atomic E-state index is -4.32. The molecular weight excluding hydrogens is 263 g/mol. The van der Waals surface area contributed by atoms with Crippen LogP contribution in [0.5, 0.6) is 0 Å². The minimum absolute atomic E-state index is 0.126. The van der Waals surface area contributed by atoms with Gasteiger partial charge in [-0.05, 0) is 6.42 Å². The summed E-state index contributed by atoms with van der Waals surface area (Å²) in [7, 11) is 0. The van der Waals surface area contributed by atoms with Gasteiger partial charge in [-0.3, -0.25) is 9.48 Å². The van der Waals surface area contributed by atoms with Crippen LogP contribution in [0.1, 0.15) is 25.3 Å². The number of carbonyl (C=O) groups is 1. The summed E-state index contributed by atoms with van der Waals surface area (Å²) in [5.41, 5.74) is 0.402. The van der Waals surface area contributed by atoms with Gasteiger partial charge in [0.05, 0.1) is 31.0 Å². The maximum Gasteiger partial charge on any atom is 0.389 e. The Kier molecular flexibility index (Phi) is 4.08. The van der Waals surface area contributed by atoms with Crippen molar-refractivity contribution in [3.63, 3.8) is 0 Å². The molecule has 0 bridgehead atoms. The Labute approximate surface area is 107 Å². The van der Waals surface area contributed by atoms with Crippen molar-refractivity contribution in [1.29, 1.82) is 0 Å². The molecule has 0 radical (unpaired) electrons. The number of nitrogens with one attached hydrogen (secondary N) is 1. The summed E-state index contributed by atoms with van der Waals surface area (Å²) in [4.78, 5) is 11.3. The molecule has 19 heavy (non-hydrogen) atoms. The number of hydrogen-bond donors (Lipinski definition) is 1. The van der Waals surface area contributed by atoms with Gasteiger partial charge < -0.3 is 10.1 Å². The first-order chi connectivity index (χ1) is 8.94. The lowest BCUT2D eigenvalue weighted by Gasteiger charge is -2.07. The molecule has 1 saturated heterocycles. The summed E-state index contributed by atoms with van der Waals surface area (Å²) >= 11 is 0. The van der Waals surface area contributed by atoms with E-state index in [0.29, 0.717) is 18.9 Å². The average molecular weight is 277 g/mol. The maximum absolute atomic E-state index is 12.0. The van der Waals surface area contributed by atoms with E-state index in [0.717, 1.165) is 6.42 Å². The van der Waals surface area contributed by atoms with E-state index >= 15 is 0 Å². The lowest BCUT2D eigenvalue weighted by molar-refractivity contribution is -0.142. The van der Waals surface area contributed by atoms with Gasteiger partial charge in [0.2, 0.25) is 5.91 Å². The van der Waals surface area contributed by atoms with Crippen LogP contribution in [-0.4, -0.2) is 35.1 Å². The van der Waals surface area contributed by atoms with Gasteiger partial charge in [0, 0.05) is 19.2 Å². The quantitative estimate of drug-likeness (QED) is 0.917. The van der Waals surface area contributed by atoms with Gasteiger partial charge in [-0.25, -0.2) is 0 Å². The summed E-state index contributed by atoms with van der Waals surface area (Å²) in [6, 6.07) is 0.126. The Balaban J connectivity index is 1.84. The average Bonchev–Trinajstić information content (AvgIpc) is 2.94. The molecular formula is C11H14F3N3O2. The molecule has 1 aromatic rings. The number of hydrogen-bond acceptors (Lipinski definition) is 3. The molecule has 106 valence electrons. The van der Waals surface area contributed by atoms with Gasteiger partial charge in [-0.1, -0.05) is 0 Å². The van der Waals surface area contributed by atoms with E-state index in [1.807, 2.05) is 0 Å². The number of ether oxygens (including phenoxy) is 1. The summed E-state index contributed by atoms with van der Waals surface area (Å²) < 4.78 is 42.7. The van der Waals surface area contributed by atoms with Crippen LogP contribution in [0.15, 0.2) is 12.4 Å². The molecule has 0 saturated carbocycles. The van der Waals surface area contributed by atoms with Gasteiger partial charge in [0.1, 0.15) is 0 Å². The summed E-state index contributed by atoms with van der Waals surface area (Å²) in [6.07, 6.45) is -2.16. The zero-order valence-corrected chi connectivity index (χ0v) is 10.1. The highest BCUT2D eigenvalue weighted by Gasteiger charge is 2.28. The van der Waals surface area contributed by atoms with E-state index < -0.39 is 24.9 Å². The largest absolute Gasteiger partial charge is 0.389 e. The molecule has 1 aliphatic heterocycles. The van der Waals surface area contributed by atoms with Crippen molar-refractivity contribution in [3.8, 4) is 0 Å². The highest BCUT2D eigenvalue weighted by Crippen LogP contribution is 2.22. The smallest absolute Gasteiger partial charge is 0.379 e. The number of carbonyl (C=O) groups excluding carboxylic acids is 1. The number of alkyl halides is 3. The first-order valence-electron chi connectivity index (χ1n) is 5.92. The van der Waals surface area contributed by atoms with Gasteiger partial charge in [0.25, 0.3) is 0 Å². The second-order valence-corrected chi connectivity index (χ2v) is 4.39. The van der Waals surface area contributed by atoms with Gasteiger partial charge in [-0.15, -0.1) is 0 Å². The zero-order valence-electron chi connectivity index (χ0n) is 10.1. The standard InChI is InChI=1S/C11H14F3N3O2/c12-11(13,14)3-1-10(18)16-8-5-15-17(6-8)9-2-4-19-7-9/h5-6,9H,1-4,7H2,(H,16,18)/t9-/m0/s1. The predicted molar refractivity (Wildman–Crippen MR) is 60.6 cm³/mol. The van der Waals surface area contributed by atoms with Crippen LogP contribution >= 0.6 is 0 Å². The van der Waals surface area contributed by atoms with Crippen LogP contribution in [0.4, 0.5) is 18.9 Å². The SMILES string of the molecule is O=C(CCC(F)(F)F)Nc1cnn([C@H]2CCOC2)c1. The van der Waals surface area contributed by atoms with Crippen molar-refractivity contribution in [2.45, 2.75) is 31.5 Å². The third kappa shape index (κ3) is 4.23. The predicted octanol–water partition coefficient (Wildman–Crippen LogP) is 2.13. The fourth-order valence-electron chi connectivity index (χ4n) is 1.81. The topological polar surface area (TPSA) is 56.2 Å². The fourth-order valence-corrected chi connectivity index (χ4v) is 1.81. The first-order valence-corrected chi connectivity index (χ1v) is 5.92. The van der Waals surface area contributed by atoms with Crippen molar-refractivity contribution in [2.75, 3.05) is 18.5 Å². The summed E-state index contributed by atoms with van der Waals surface area (Å²) in [5.74, 6) is -0.667. The highest BCUT2D eigenvalue weighted by atomic mass is 19.4. The Morgan fingerprint density at radius 1 is 1.58 bits per heavy atom. The Morgan fingerprint density at radius 2 is 2.37 bits per heavy atom. The zero-order chi connectivity index (χ0) is 13.9. The highest BCUT2D eigenvalue weighted by molar-refractivity contribution is 5.90. The molecule has 0 spiro atoms. The molecule has 1 N–H and O–H groups in total. The summed E-state index contributed by atoms with van der Waals surface area (Å²) in [5, 5.41) is 6.46. The second kappa shape index (κ2) is 5.60. The normalized spacial score (nSPS) is 19.6. The number of aromatic nitrogens is 2. The van der Waals surface area contributed by atoms with E-state index in [2.05, 4.69) is 10.4 Å². The molecule has 2 rings (SSSR count). The van der Waals surface area contributed by atoms with Crippen LogP contribution in [-0.2, 0) is 9.53 Å². The van der Waals surface area contributed by atoms with E-state index in [1.165, 1.54) is 6.20 Å². The molecule has 1 aliphatic rings. The van der Waals surface area contributed by atoms with Crippen LogP contribution in [0, 0.1) is 0 Å². The third-order valence-electron chi connectivity index (χ3n) is 2.80. The van der Waals surface area contributed by atoms with Gasteiger partial charge in [-0.2, -0.15) is 18.3 Å². The number of amides is 1. The molecule has 1 atom stereocenters. The number of anilines is 1. The molecule has 5 nitrogen and oxygen atoms in total. The lowest BCUT2D eigenvalue weighted by atomic mass is 10.3. The third-order valence-corrected chi connectivity index (χ3v) is 2.80. The molecule has 0 aliphatic carbocycles. The molecule has 8 heteroatoms. The lowest BCUT2D eigenvalue weighted by Crippen LogP contribution is -2.16. The molecule has 1 amide bonds. The van der Waals surface area contributed by atoms with Crippen molar-refractivity contribution in [1.82, 2.24) is 9.78 Å². The van der Waals surface area contributed by atoms with Crippen LogP contribution in [0.25, 0.3) is 0 Å². The minimum Gasteiger partial charge on any atom is -0.379 e. The Hall–Kier alpha value is -1.57. The molecule has 0 aromatic carbocycles.